The number of hydrogen-bond donors (Lipinski definition) is 0. The lowest BCUT2D eigenvalue weighted by Crippen LogP contribution is -2.61. The quantitative estimate of drug-likeness (QED) is 0.680. The summed E-state index contributed by atoms with van der Waals surface area (Å²) in [4.78, 5) is 8.22. The Morgan fingerprint density at radius 2 is 1.29 bits per heavy atom. The monoisotopic (exact) mass is 335 g/mol. The summed E-state index contributed by atoms with van der Waals surface area (Å²) in [6, 6.07) is 1.59. The van der Waals surface area contributed by atoms with E-state index in [1.165, 1.54) is 58.3 Å². The van der Waals surface area contributed by atoms with Gasteiger partial charge in [-0.25, -0.2) is 0 Å². The fraction of sp³-hybridized carbons (Fsp3) is 1.00. The van der Waals surface area contributed by atoms with Crippen molar-refractivity contribution in [2.24, 2.45) is 0 Å². The number of likely N-dealkylation sites (tertiary alicyclic amines) is 2. The van der Waals surface area contributed by atoms with Gasteiger partial charge in [0, 0.05) is 41.8 Å². The maximum Gasteiger partial charge on any atom is 0.0246 e. The SMILES string of the molecule is CC(C)(C)N1CC1CC(C)(C)N1CCC1CC(C)(C)N1CCCC1. The van der Waals surface area contributed by atoms with E-state index < -0.39 is 0 Å². The predicted molar refractivity (Wildman–Crippen MR) is 104 cm³/mol. The minimum Gasteiger partial charge on any atom is -0.298 e. The van der Waals surface area contributed by atoms with Crippen molar-refractivity contribution in [2.75, 3.05) is 26.2 Å². The smallest absolute Gasteiger partial charge is 0.0246 e. The molecule has 0 saturated carbocycles. The van der Waals surface area contributed by atoms with Gasteiger partial charge in [0.05, 0.1) is 0 Å². The highest BCUT2D eigenvalue weighted by atomic mass is 15.4. The van der Waals surface area contributed by atoms with E-state index >= 15 is 0 Å². The second-order valence-electron chi connectivity index (χ2n) is 10.8. The molecule has 0 spiro atoms. The molecule has 3 heterocycles. The van der Waals surface area contributed by atoms with Gasteiger partial charge in [-0.2, -0.15) is 0 Å². The largest absolute Gasteiger partial charge is 0.298 e. The highest BCUT2D eigenvalue weighted by Crippen LogP contribution is 2.41. The summed E-state index contributed by atoms with van der Waals surface area (Å²) in [5, 5.41) is 0. The van der Waals surface area contributed by atoms with Crippen molar-refractivity contribution in [3.8, 4) is 0 Å². The molecular formula is C21H41N3. The van der Waals surface area contributed by atoms with Crippen LogP contribution in [0.25, 0.3) is 0 Å². The van der Waals surface area contributed by atoms with Crippen LogP contribution in [-0.2, 0) is 0 Å². The van der Waals surface area contributed by atoms with Crippen LogP contribution < -0.4 is 0 Å². The van der Waals surface area contributed by atoms with Gasteiger partial charge in [0.1, 0.15) is 0 Å². The maximum atomic E-state index is 2.82. The zero-order chi connectivity index (χ0) is 17.8. The van der Waals surface area contributed by atoms with Crippen LogP contribution in [0.15, 0.2) is 0 Å². The first-order chi connectivity index (χ1) is 11.0. The topological polar surface area (TPSA) is 9.49 Å². The number of hydrogen-bond acceptors (Lipinski definition) is 3. The van der Waals surface area contributed by atoms with E-state index in [0.29, 0.717) is 16.6 Å². The van der Waals surface area contributed by atoms with Crippen LogP contribution in [-0.4, -0.2) is 69.6 Å². The third-order valence-corrected chi connectivity index (χ3v) is 6.93. The molecule has 3 unspecified atom stereocenters. The van der Waals surface area contributed by atoms with E-state index in [-0.39, 0.29) is 0 Å². The molecule has 3 aliphatic heterocycles. The summed E-state index contributed by atoms with van der Waals surface area (Å²) < 4.78 is 0. The Hall–Kier alpha value is -0.120. The Morgan fingerprint density at radius 3 is 1.75 bits per heavy atom. The summed E-state index contributed by atoms with van der Waals surface area (Å²) in [5.74, 6) is 0. The Bertz CT molecular complexity index is 442. The van der Waals surface area contributed by atoms with Gasteiger partial charge in [-0.3, -0.25) is 14.7 Å². The van der Waals surface area contributed by atoms with Crippen LogP contribution in [0.2, 0.25) is 0 Å². The summed E-state index contributed by atoms with van der Waals surface area (Å²) in [6.07, 6.45) is 6.85. The minimum absolute atomic E-state index is 0.340. The van der Waals surface area contributed by atoms with Crippen LogP contribution in [0, 0.1) is 0 Å². The van der Waals surface area contributed by atoms with E-state index in [1.807, 2.05) is 0 Å². The van der Waals surface area contributed by atoms with Crippen molar-refractivity contribution in [1.29, 1.82) is 0 Å². The second-order valence-corrected chi connectivity index (χ2v) is 10.8. The first-order valence-electron chi connectivity index (χ1n) is 10.3. The van der Waals surface area contributed by atoms with E-state index in [2.05, 4.69) is 63.2 Å². The van der Waals surface area contributed by atoms with Crippen molar-refractivity contribution < 1.29 is 0 Å². The molecule has 0 aromatic carbocycles. The molecule has 3 fully saturated rings. The van der Waals surface area contributed by atoms with Crippen molar-refractivity contribution in [3.05, 3.63) is 0 Å². The Balaban J connectivity index is 1.54. The molecule has 3 saturated heterocycles. The molecule has 0 N–H and O–H groups in total. The molecule has 24 heavy (non-hydrogen) atoms. The normalized spacial score (nSPS) is 32.9. The molecule has 0 amide bonds. The first kappa shape index (κ1) is 18.7. The van der Waals surface area contributed by atoms with Crippen LogP contribution in [0.3, 0.4) is 0 Å². The van der Waals surface area contributed by atoms with Gasteiger partial charge in [0.15, 0.2) is 0 Å². The van der Waals surface area contributed by atoms with Gasteiger partial charge >= 0.3 is 0 Å². The summed E-state index contributed by atoms with van der Waals surface area (Å²) >= 11 is 0. The lowest BCUT2D eigenvalue weighted by molar-refractivity contribution is -0.0414. The fourth-order valence-corrected chi connectivity index (χ4v) is 5.35. The standard InChI is InChI=1S/C21H41N3/c1-19(2,3)24-16-18(24)15-21(6,7)23-13-10-17(23)14-20(4,5)22-11-8-9-12-22/h17-18H,8-16H2,1-7H3. The van der Waals surface area contributed by atoms with E-state index in [1.54, 1.807) is 0 Å². The van der Waals surface area contributed by atoms with Gasteiger partial charge in [-0.15, -0.1) is 0 Å². The summed E-state index contributed by atoms with van der Waals surface area (Å²) in [7, 11) is 0. The molecular weight excluding hydrogens is 294 g/mol. The molecule has 140 valence electrons. The average Bonchev–Trinajstić information content (AvgIpc) is 2.96. The number of rotatable bonds is 6. The van der Waals surface area contributed by atoms with Crippen molar-refractivity contribution in [3.63, 3.8) is 0 Å². The van der Waals surface area contributed by atoms with Crippen LogP contribution in [0.1, 0.15) is 80.6 Å². The van der Waals surface area contributed by atoms with Crippen molar-refractivity contribution in [1.82, 2.24) is 14.7 Å². The van der Waals surface area contributed by atoms with E-state index in [0.717, 1.165) is 12.1 Å². The molecule has 3 rings (SSSR count). The molecule has 0 aromatic heterocycles. The zero-order valence-corrected chi connectivity index (χ0v) is 17.4. The molecule has 0 radical (unpaired) electrons. The third-order valence-electron chi connectivity index (χ3n) is 6.93. The average molecular weight is 336 g/mol. The molecule has 3 nitrogen and oxygen atoms in total. The predicted octanol–water partition coefficient (Wildman–Crippen LogP) is 3.98. The molecule has 3 heteroatoms. The maximum absolute atomic E-state index is 2.82. The van der Waals surface area contributed by atoms with Crippen LogP contribution in [0.5, 0.6) is 0 Å². The Kier molecular flexibility index (Phi) is 4.86. The molecule has 0 aromatic rings. The highest BCUT2D eigenvalue weighted by Gasteiger charge is 2.48. The van der Waals surface area contributed by atoms with Gasteiger partial charge in [0.25, 0.3) is 0 Å². The van der Waals surface area contributed by atoms with Gasteiger partial charge in [-0.05, 0) is 93.7 Å². The van der Waals surface area contributed by atoms with Gasteiger partial charge in [0.2, 0.25) is 0 Å². The lowest BCUT2D eigenvalue weighted by Gasteiger charge is -2.54. The Morgan fingerprint density at radius 1 is 0.708 bits per heavy atom. The zero-order valence-electron chi connectivity index (χ0n) is 17.4. The molecule has 3 atom stereocenters. The van der Waals surface area contributed by atoms with Crippen molar-refractivity contribution >= 4 is 0 Å². The second kappa shape index (κ2) is 6.25. The molecule has 0 bridgehead atoms. The molecule has 3 aliphatic rings. The van der Waals surface area contributed by atoms with Crippen molar-refractivity contribution in [2.45, 2.75) is 109 Å². The van der Waals surface area contributed by atoms with Crippen LogP contribution in [0.4, 0.5) is 0 Å². The fourth-order valence-electron chi connectivity index (χ4n) is 5.35. The first-order valence-corrected chi connectivity index (χ1v) is 10.3. The van der Waals surface area contributed by atoms with Crippen LogP contribution >= 0.6 is 0 Å². The van der Waals surface area contributed by atoms with Gasteiger partial charge in [-0.1, -0.05) is 0 Å². The van der Waals surface area contributed by atoms with E-state index in [4.69, 9.17) is 0 Å². The summed E-state index contributed by atoms with van der Waals surface area (Å²) in [6.45, 7) is 22.2. The van der Waals surface area contributed by atoms with Gasteiger partial charge < -0.3 is 0 Å². The lowest BCUT2D eigenvalue weighted by atomic mass is 9.82. The van der Waals surface area contributed by atoms with E-state index in [9.17, 15) is 0 Å². The summed E-state index contributed by atoms with van der Waals surface area (Å²) in [5.41, 5.74) is 1.05. The molecule has 0 aliphatic carbocycles. The minimum atomic E-state index is 0.340. The third kappa shape index (κ3) is 3.83. The Labute approximate surface area is 150 Å². The number of nitrogens with zero attached hydrogens (tertiary/aromatic N) is 3. The highest BCUT2D eigenvalue weighted by molar-refractivity contribution is 5.05.